The topological polar surface area (TPSA) is 43.4 Å². The minimum atomic E-state index is -0.0679. The highest BCUT2D eigenvalue weighted by Crippen LogP contribution is 2.67. The van der Waals surface area contributed by atoms with E-state index in [1.807, 2.05) is 6.08 Å². The maximum atomic E-state index is 12.0. The molecule has 0 heterocycles. The first-order valence-corrected chi connectivity index (χ1v) is 11.6. The monoisotopic (exact) mass is 386 g/mol. The van der Waals surface area contributed by atoms with Crippen LogP contribution in [0, 0.1) is 40.4 Å². The normalized spacial score (nSPS) is 43.4. The number of esters is 1. The Bertz CT molecular complexity index is 679. The van der Waals surface area contributed by atoms with Crippen LogP contribution in [-0.4, -0.2) is 18.9 Å². The molecule has 0 aromatic carbocycles. The molecule has 3 heteroatoms. The first kappa shape index (κ1) is 20.2. The van der Waals surface area contributed by atoms with Gasteiger partial charge >= 0.3 is 5.97 Å². The lowest BCUT2D eigenvalue weighted by molar-refractivity contribution is -0.141. The highest BCUT2D eigenvalue weighted by Gasteiger charge is 2.59. The molecule has 3 saturated carbocycles. The Morgan fingerprint density at radius 3 is 2.68 bits per heavy atom. The van der Waals surface area contributed by atoms with Crippen molar-refractivity contribution >= 4 is 11.8 Å². The van der Waals surface area contributed by atoms with E-state index in [1.54, 1.807) is 0 Å². The number of carbonyl (C=O) groups excluding carboxylic acids is 2. The molecule has 0 aliphatic heterocycles. The van der Waals surface area contributed by atoms with Gasteiger partial charge in [0, 0.05) is 12.8 Å². The first-order valence-electron chi connectivity index (χ1n) is 11.6. The van der Waals surface area contributed by atoms with E-state index < -0.39 is 0 Å². The average Bonchev–Trinajstić information content (AvgIpc) is 3.03. The quantitative estimate of drug-likeness (QED) is 0.580. The van der Waals surface area contributed by atoms with Gasteiger partial charge in [-0.15, -0.1) is 0 Å². The second-order valence-electron chi connectivity index (χ2n) is 10.8. The number of fused-ring (bicyclic) bond motifs is 5. The Balaban J connectivity index is 1.51. The van der Waals surface area contributed by atoms with Crippen LogP contribution < -0.4 is 0 Å². The fourth-order valence-corrected chi connectivity index (χ4v) is 8.18. The van der Waals surface area contributed by atoms with E-state index in [1.165, 1.54) is 44.8 Å². The van der Waals surface area contributed by atoms with E-state index in [2.05, 4.69) is 20.8 Å². The second-order valence-corrected chi connectivity index (χ2v) is 10.8. The Morgan fingerprint density at radius 2 is 1.93 bits per heavy atom. The van der Waals surface area contributed by atoms with Crippen LogP contribution in [0.25, 0.3) is 0 Å². The summed E-state index contributed by atoms with van der Waals surface area (Å²) in [5.41, 5.74) is 2.17. The average molecular weight is 387 g/mol. The first-order chi connectivity index (χ1) is 13.3. The number of hydrogen-bond acceptors (Lipinski definition) is 3. The van der Waals surface area contributed by atoms with Crippen LogP contribution in [0.3, 0.4) is 0 Å². The van der Waals surface area contributed by atoms with Crippen LogP contribution in [0.15, 0.2) is 11.6 Å². The van der Waals surface area contributed by atoms with Gasteiger partial charge in [0.2, 0.25) is 0 Å². The molecular weight excluding hydrogens is 348 g/mol. The Morgan fingerprint density at radius 1 is 1.14 bits per heavy atom. The maximum absolute atomic E-state index is 12.0. The third-order valence-corrected chi connectivity index (χ3v) is 9.75. The summed E-state index contributed by atoms with van der Waals surface area (Å²) in [6.45, 7) is 7.40. The number of methoxy groups -OCH3 is 1. The molecule has 0 radical (unpaired) electrons. The molecular formula is C25H38O3. The molecule has 0 aromatic heterocycles. The van der Waals surface area contributed by atoms with Gasteiger partial charge in [0.25, 0.3) is 0 Å². The van der Waals surface area contributed by atoms with Crippen molar-refractivity contribution in [2.24, 2.45) is 40.4 Å². The third kappa shape index (κ3) is 3.08. The molecule has 0 saturated heterocycles. The molecule has 0 amide bonds. The fraction of sp³-hybridized carbons (Fsp3) is 0.840. The van der Waals surface area contributed by atoms with Gasteiger partial charge in [-0.05, 0) is 97.9 Å². The van der Waals surface area contributed by atoms with Gasteiger partial charge in [0.1, 0.15) is 0 Å². The van der Waals surface area contributed by atoms with Gasteiger partial charge in [-0.25, -0.2) is 0 Å². The third-order valence-electron chi connectivity index (χ3n) is 9.75. The van der Waals surface area contributed by atoms with Crippen molar-refractivity contribution < 1.29 is 14.3 Å². The van der Waals surface area contributed by atoms with Gasteiger partial charge in [-0.3, -0.25) is 9.59 Å². The largest absolute Gasteiger partial charge is 0.469 e. The minimum absolute atomic E-state index is 0.0679. The molecule has 4 aliphatic carbocycles. The zero-order chi connectivity index (χ0) is 20.1. The van der Waals surface area contributed by atoms with Gasteiger partial charge in [-0.2, -0.15) is 0 Å². The molecule has 0 bridgehead atoms. The molecule has 28 heavy (non-hydrogen) atoms. The number of hydrogen-bond donors (Lipinski definition) is 0. The predicted molar refractivity (Wildman–Crippen MR) is 111 cm³/mol. The summed E-state index contributed by atoms with van der Waals surface area (Å²) in [7, 11) is 1.49. The number of ether oxygens (including phenoxy) is 1. The summed E-state index contributed by atoms with van der Waals surface area (Å²) in [5.74, 6) is 4.03. The standard InChI is InChI=1S/C25H38O3/c1-16(5-10-23(27)28-4)20-8-9-21-19-7-6-17-15-18(26)11-13-24(17,2)22(19)12-14-25(20,21)3/h15-16,19-22H,5-14H2,1-4H3/t16-,19+,20-,21-,22+,24-,25+/m0/s1. The highest BCUT2D eigenvalue weighted by molar-refractivity contribution is 5.91. The molecule has 156 valence electrons. The number of ketones is 1. The van der Waals surface area contributed by atoms with Crippen molar-refractivity contribution in [1.29, 1.82) is 0 Å². The van der Waals surface area contributed by atoms with Crippen molar-refractivity contribution in [2.75, 3.05) is 7.11 Å². The van der Waals surface area contributed by atoms with Crippen molar-refractivity contribution in [3.8, 4) is 0 Å². The van der Waals surface area contributed by atoms with E-state index in [9.17, 15) is 9.59 Å². The van der Waals surface area contributed by atoms with E-state index in [-0.39, 0.29) is 11.4 Å². The Labute approximate surface area is 170 Å². The van der Waals surface area contributed by atoms with Gasteiger partial charge in [-0.1, -0.05) is 26.3 Å². The van der Waals surface area contributed by atoms with Crippen LogP contribution in [0.5, 0.6) is 0 Å². The summed E-state index contributed by atoms with van der Waals surface area (Å²) < 4.78 is 4.87. The molecule has 0 N–H and O–H groups in total. The van der Waals surface area contributed by atoms with Gasteiger partial charge < -0.3 is 4.74 Å². The maximum Gasteiger partial charge on any atom is 0.305 e. The summed E-state index contributed by atoms with van der Waals surface area (Å²) in [5, 5.41) is 0. The van der Waals surface area contributed by atoms with Crippen molar-refractivity contribution in [1.82, 2.24) is 0 Å². The number of allylic oxidation sites excluding steroid dienone is 1. The van der Waals surface area contributed by atoms with Crippen molar-refractivity contribution in [3.05, 3.63) is 11.6 Å². The van der Waals surface area contributed by atoms with Crippen molar-refractivity contribution in [2.45, 2.75) is 85.0 Å². The Kier molecular flexibility index (Phi) is 5.25. The SMILES string of the molecule is COC(=O)CC[C@H](C)[C@@H]1CC[C@H]2[C@H]3CCC4=CC(=O)CC[C@]4(C)[C@@H]3CC[C@@]21C. The van der Waals surface area contributed by atoms with E-state index in [0.29, 0.717) is 23.5 Å². The highest BCUT2D eigenvalue weighted by atomic mass is 16.5. The van der Waals surface area contributed by atoms with E-state index in [4.69, 9.17) is 4.74 Å². The molecule has 0 unspecified atom stereocenters. The Hall–Kier alpha value is -1.12. The van der Waals surface area contributed by atoms with E-state index >= 15 is 0 Å². The summed E-state index contributed by atoms with van der Waals surface area (Å²) >= 11 is 0. The molecule has 4 rings (SSSR count). The van der Waals surface area contributed by atoms with Crippen LogP contribution in [0.1, 0.15) is 85.0 Å². The lowest BCUT2D eigenvalue weighted by Gasteiger charge is -2.58. The van der Waals surface area contributed by atoms with E-state index in [0.717, 1.165) is 49.4 Å². The smallest absolute Gasteiger partial charge is 0.305 e. The lowest BCUT2D eigenvalue weighted by atomic mass is 9.46. The lowest BCUT2D eigenvalue weighted by Crippen LogP contribution is -2.51. The molecule has 3 nitrogen and oxygen atoms in total. The number of rotatable bonds is 4. The van der Waals surface area contributed by atoms with Crippen LogP contribution >= 0.6 is 0 Å². The molecule has 0 spiro atoms. The van der Waals surface area contributed by atoms with Crippen molar-refractivity contribution in [3.63, 3.8) is 0 Å². The predicted octanol–water partition coefficient (Wildman–Crippen LogP) is 5.72. The van der Waals surface area contributed by atoms with Crippen LogP contribution in [0.4, 0.5) is 0 Å². The van der Waals surface area contributed by atoms with Crippen LogP contribution in [0.2, 0.25) is 0 Å². The summed E-state index contributed by atoms with van der Waals surface area (Å²) in [6, 6.07) is 0. The zero-order valence-corrected chi connectivity index (χ0v) is 18.3. The molecule has 7 atom stereocenters. The van der Waals surface area contributed by atoms with Gasteiger partial charge in [0.05, 0.1) is 7.11 Å². The fourth-order valence-electron chi connectivity index (χ4n) is 8.18. The second kappa shape index (κ2) is 7.29. The van der Waals surface area contributed by atoms with Gasteiger partial charge in [0.15, 0.2) is 5.78 Å². The van der Waals surface area contributed by atoms with Crippen LogP contribution in [-0.2, 0) is 14.3 Å². The summed E-state index contributed by atoms with van der Waals surface area (Å²) in [6.07, 6.45) is 13.1. The molecule has 0 aromatic rings. The molecule has 4 aliphatic rings. The zero-order valence-electron chi connectivity index (χ0n) is 18.3. The molecule has 3 fully saturated rings. The summed E-state index contributed by atoms with van der Waals surface area (Å²) in [4.78, 5) is 23.6. The minimum Gasteiger partial charge on any atom is -0.469 e. The number of carbonyl (C=O) groups is 2.